The first-order chi connectivity index (χ1) is 16.9. The topological polar surface area (TPSA) is 20.3 Å². The zero-order valence-corrected chi connectivity index (χ0v) is 19.3. The molecular weight excluding hydrogens is 487 g/mol. The summed E-state index contributed by atoms with van der Waals surface area (Å²) in [6.45, 7) is -0.105. The van der Waals surface area contributed by atoms with E-state index in [2.05, 4.69) is 11.8 Å². The van der Waals surface area contributed by atoms with Crippen LogP contribution in [-0.4, -0.2) is 12.5 Å². The van der Waals surface area contributed by atoms with Crippen LogP contribution < -0.4 is 4.90 Å². The second kappa shape index (κ2) is 10.2. The summed E-state index contributed by atoms with van der Waals surface area (Å²) in [5, 5.41) is 0. The molecule has 0 spiro atoms. The van der Waals surface area contributed by atoms with Gasteiger partial charge in [-0.05, 0) is 67.1 Å². The Hall–Kier alpha value is -3.02. The molecule has 2 nitrogen and oxygen atoms in total. The van der Waals surface area contributed by atoms with E-state index in [4.69, 9.17) is 0 Å². The predicted molar refractivity (Wildman–Crippen MR) is 121 cm³/mol. The minimum absolute atomic E-state index is 0.0491. The van der Waals surface area contributed by atoms with Gasteiger partial charge >= 0.3 is 12.4 Å². The maximum atomic E-state index is 14.0. The quantitative estimate of drug-likeness (QED) is 0.302. The number of carbonyl (C=O) groups is 1. The van der Waals surface area contributed by atoms with E-state index in [1.165, 1.54) is 17.0 Å². The summed E-state index contributed by atoms with van der Waals surface area (Å²) in [4.78, 5) is 14.8. The van der Waals surface area contributed by atoms with E-state index in [1.807, 2.05) is 0 Å². The Morgan fingerprint density at radius 3 is 2.28 bits per heavy atom. The van der Waals surface area contributed by atoms with E-state index in [-0.39, 0.29) is 31.4 Å². The number of nitrogens with zero attached hydrogens (tertiary/aromatic N) is 1. The van der Waals surface area contributed by atoms with Gasteiger partial charge in [0.15, 0.2) is 0 Å². The van der Waals surface area contributed by atoms with Crippen molar-refractivity contribution in [1.82, 2.24) is 0 Å². The van der Waals surface area contributed by atoms with Gasteiger partial charge in [-0.25, -0.2) is 4.39 Å². The number of hydrogen-bond donors (Lipinski definition) is 0. The average molecular weight is 511 g/mol. The first-order valence-corrected chi connectivity index (χ1v) is 11.8. The molecule has 1 unspecified atom stereocenters. The molecule has 1 heterocycles. The molecule has 2 aliphatic rings. The lowest BCUT2D eigenvalue weighted by Gasteiger charge is -2.26. The van der Waals surface area contributed by atoms with Gasteiger partial charge in [0, 0.05) is 11.6 Å². The molecule has 1 fully saturated rings. The molecule has 9 heteroatoms. The van der Waals surface area contributed by atoms with Crippen molar-refractivity contribution in [1.29, 1.82) is 0 Å². The zero-order valence-electron chi connectivity index (χ0n) is 19.3. The van der Waals surface area contributed by atoms with Gasteiger partial charge in [-0.2, -0.15) is 26.3 Å². The first kappa shape index (κ1) is 26.1. The number of anilines is 1. The summed E-state index contributed by atoms with van der Waals surface area (Å²) >= 11 is 0. The summed E-state index contributed by atoms with van der Waals surface area (Å²) in [5.74, 6) is 3.67. The first-order valence-electron chi connectivity index (χ1n) is 11.8. The second-order valence-electron chi connectivity index (χ2n) is 9.24. The number of hydrogen-bond acceptors (Lipinski definition) is 1. The molecular formula is C27H24F7NO. The van der Waals surface area contributed by atoms with Crippen LogP contribution >= 0.6 is 0 Å². The standard InChI is InChI=1S/C27H24F7NO/c28-20-10-13-24-18(15-20)8-11-22(25(36)35(24)14-4-7-17-5-2-1-3-6-17)21-12-9-19(26(29,30)31)16-23(21)27(32,33)34/h9-10,12-13,15-17,22H,1-3,5-6,8,11,14H2. The van der Waals surface area contributed by atoms with E-state index < -0.39 is 46.7 Å². The fourth-order valence-corrected chi connectivity index (χ4v) is 5.00. The van der Waals surface area contributed by atoms with E-state index >= 15 is 0 Å². The molecule has 0 radical (unpaired) electrons. The third-order valence-electron chi connectivity index (χ3n) is 6.81. The van der Waals surface area contributed by atoms with Gasteiger partial charge < -0.3 is 0 Å². The highest BCUT2D eigenvalue weighted by Crippen LogP contribution is 2.43. The number of benzene rings is 2. The van der Waals surface area contributed by atoms with Crippen molar-refractivity contribution in [3.8, 4) is 11.8 Å². The number of alkyl halides is 6. The molecule has 1 atom stereocenters. The SMILES string of the molecule is O=C1C(c2ccc(C(F)(F)F)cc2C(F)(F)F)CCc2cc(F)ccc2N1CC#CC1CCCCC1. The van der Waals surface area contributed by atoms with Crippen molar-refractivity contribution in [3.63, 3.8) is 0 Å². The Morgan fingerprint density at radius 2 is 1.61 bits per heavy atom. The maximum Gasteiger partial charge on any atom is 0.416 e. The van der Waals surface area contributed by atoms with E-state index in [1.54, 1.807) is 0 Å². The van der Waals surface area contributed by atoms with Crippen LogP contribution in [0.5, 0.6) is 0 Å². The van der Waals surface area contributed by atoms with Crippen molar-refractivity contribution in [2.24, 2.45) is 5.92 Å². The second-order valence-corrected chi connectivity index (χ2v) is 9.24. The highest BCUT2D eigenvalue weighted by Gasteiger charge is 2.42. The van der Waals surface area contributed by atoms with Gasteiger partial charge in [-0.15, -0.1) is 0 Å². The Balaban J connectivity index is 1.74. The monoisotopic (exact) mass is 511 g/mol. The summed E-state index contributed by atoms with van der Waals surface area (Å²) in [7, 11) is 0. The van der Waals surface area contributed by atoms with Crippen LogP contribution in [0.4, 0.5) is 36.4 Å². The van der Waals surface area contributed by atoms with Crippen LogP contribution in [0.1, 0.15) is 66.7 Å². The normalized spacial score (nSPS) is 19.4. The van der Waals surface area contributed by atoms with Crippen molar-refractivity contribution >= 4 is 11.6 Å². The van der Waals surface area contributed by atoms with Crippen LogP contribution in [0.25, 0.3) is 0 Å². The highest BCUT2D eigenvalue weighted by molar-refractivity contribution is 6.00. The fraction of sp³-hybridized carbons (Fsp3) is 0.444. The van der Waals surface area contributed by atoms with Crippen LogP contribution in [0.2, 0.25) is 0 Å². The molecule has 0 bridgehead atoms. The lowest BCUT2D eigenvalue weighted by atomic mass is 9.88. The molecule has 1 aliphatic heterocycles. The van der Waals surface area contributed by atoms with Gasteiger partial charge in [-0.1, -0.05) is 37.2 Å². The van der Waals surface area contributed by atoms with Gasteiger partial charge in [0.25, 0.3) is 0 Å². The number of halogens is 7. The number of fused-ring (bicyclic) bond motifs is 1. The van der Waals surface area contributed by atoms with Crippen molar-refractivity contribution in [2.75, 3.05) is 11.4 Å². The number of rotatable bonds is 2. The molecule has 0 saturated heterocycles. The van der Waals surface area contributed by atoms with Gasteiger partial charge in [0.1, 0.15) is 5.82 Å². The third-order valence-corrected chi connectivity index (χ3v) is 6.81. The van der Waals surface area contributed by atoms with E-state index in [9.17, 15) is 35.5 Å². The third kappa shape index (κ3) is 5.69. The smallest absolute Gasteiger partial charge is 0.300 e. The van der Waals surface area contributed by atoms with Crippen molar-refractivity contribution in [3.05, 3.63) is 64.5 Å². The molecule has 36 heavy (non-hydrogen) atoms. The van der Waals surface area contributed by atoms with Crippen molar-refractivity contribution < 1.29 is 35.5 Å². The molecule has 1 aliphatic carbocycles. The fourth-order valence-electron chi connectivity index (χ4n) is 5.00. The number of amides is 1. The highest BCUT2D eigenvalue weighted by atomic mass is 19.4. The Bertz CT molecular complexity index is 1180. The molecule has 4 rings (SSSR count). The summed E-state index contributed by atoms with van der Waals surface area (Å²) in [5.41, 5.74) is -2.69. The molecule has 192 valence electrons. The van der Waals surface area contributed by atoms with Crippen LogP contribution in [0, 0.1) is 23.6 Å². The number of carbonyl (C=O) groups excluding carboxylic acids is 1. The molecule has 2 aromatic carbocycles. The molecule has 2 aromatic rings. The summed E-state index contributed by atoms with van der Waals surface area (Å²) in [6.07, 6.45) is -4.99. The zero-order chi connectivity index (χ0) is 26.1. The van der Waals surface area contributed by atoms with Gasteiger partial charge in [0.2, 0.25) is 5.91 Å². The van der Waals surface area contributed by atoms with Crippen LogP contribution in [0.15, 0.2) is 36.4 Å². The predicted octanol–water partition coefficient (Wildman–Crippen LogP) is 7.51. The molecule has 1 amide bonds. The van der Waals surface area contributed by atoms with E-state index in [0.29, 0.717) is 17.3 Å². The largest absolute Gasteiger partial charge is 0.416 e. The van der Waals surface area contributed by atoms with Crippen LogP contribution in [0.3, 0.4) is 0 Å². The minimum Gasteiger partial charge on any atom is -0.300 e. The minimum atomic E-state index is -5.10. The lowest BCUT2D eigenvalue weighted by Crippen LogP contribution is -2.35. The Kier molecular flexibility index (Phi) is 7.35. The van der Waals surface area contributed by atoms with E-state index in [0.717, 1.165) is 44.2 Å². The molecule has 1 saturated carbocycles. The average Bonchev–Trinajstić information content (AvgIpc) is 2.94. The maximum absolute atomic E-state index is 14.0. The van der Waals surface area contributed by atoms with Gasteiger partial charge in [0.05, 0.1) is 23.6 Å². The van der Waals surface area contributed by atoms with Gasteiger partial charge in [-0.3, -0.25) is 9.69 Å². The Morgan fingerprint density at radius 1 is 0.889 bits per heavy atom. The van der Waals surface area contributed by atoms with Crippen LogP contribution in [-0.2, 0) is 23.6 Å². The summed E-state index contributed by atoms with van der Waals surface area (Å²) < 4.78 is 95.0. The molecule has 0 N–H and O–H groups in total. The number of aryl methyl sites for hydroxylation is 1. The van der Waals surface area contributed by atoms with Crippen molar-refractivity contribution in [2.45, 2.75) is 63.2 Å². The molecule has 0 aromatic heterocycles. The Labute approximate surface area is 204 Å². The lowest BCUT2D eigenvalue weighted by molar-refractivity contribution is -0.143. The summed E-state index contributed by atoms with van der Waals surface area (Å²) in [6, 6.07) is 5.12.